The minimum atomic E-state index is -3.53. The number of sulfone groups is 1. The number of esters is 1. The van der Waals surface area contributed by atoms with Crippen LogP contribution in [0.5, 0.6) is 5.19 Å². The molecule has 0 spiro atoms. The van der Waals surface area contributed by atoms with E-state index in [1.54, 1.807) is 19.9 Å². The van der Waals surface area contributed by atoms with Crippen LogP contribution in [0.4, 0.5) is 5.95 Å². The van der Waals surface area contributed by atoms with E-state index in [-0.39, 0.29) is 24.8 Å². The van der Waals surface area contributed by atoms with Crippen molar-refractivity contribution in [3.05, 3.63) is 47.8 Å². The maximum absolute atomic E-state index is 13.2. The number of nitrogens with zero attached hydrogens (tertiary/aromatic N) is 4. The summed E-state index contributed by atoms with van der Waals surface area (Å²) in [6, 6.07) is 6.03. The highest BCUT2D eigenvalue weighted by Gasteiger charge is 2.31. The summed E-state index contributed by atoms with van der Waals surface area (Å²) in [5.41, 5.74) is 8.39. The normalized spacial score (nSPS) is 18.3. The van der Waals surface area contributed by atoms with Crippen LogP contribution in [0.3, 0.4) is 0 Å². The van der Waals surface area contributed by atoms with Gasteiger partial charge in [-0.25, -0.2) is 23.4 Å². The number of ether oxygens (including phenoxy) is 2. The second-order valence-corrected chi connectivity index (χ2v) is 15.2. The number of carbonyl (C=O) groups excluding carboxylic acids is 1. The first kappa shape index (κ1) is 32.3. The summed E-state index contributed by atoms with van der Waals surface area (Å²) in [5.74, 6) is 0.0991. The molecule has 1 aromatic carbocycles. The molecule has 0 bridgehead atoms. The number of fused-ring (bicyclic) bond motifs is 1. The molecule has 1 saturated heterocycles. The van der Waals surface area contributed by atoms with Crippen LogP contribution in [0.2, 0.25) is 0 Å². The Morgan fingerprint density at radius 3 is 2.66 bits per heavy atom. The van der Waals surface area contributed by atoms with Crippen LogP contribution in [-0.4, -0.2) is 78.3 Å². The van der Waals surface area contributed by atoms with Crippen LogP contribution in [-0.2, 0) is 25.8 Å². The van der Waals surface area contributed by atoms with E-state index >= 15 is 0 Å². The predicted molar refractivity (Wildman–Crippen MR) is 174 cm³/mol. The van der Waals surface area contributed by atoms with Crippen molar-refractivity contribution in [3.63, 3.8) is 0 Å². The molecule has 0 saturated carbocycles. The molecule has 1 atom stereocenters. The van der Waals surface area contributed by atoms with E-state index in [2.05, 4.69) is 33.2 Å². The van der Waals surface area contributed by atoms with Gasteiger partial charge in [0.1, 0.15) is 17.1 Å². The number of nitrogens with two attached hydrogens (primary N) is 1. The van der Waals surface area contributed by atoms with Gasteiger partial charge in [-0.3, -0.25) is 10.1 Å². The van der Waals surface area contributed by atoms with E-state index in [1.165, 1.54) is 16.9 Å². The number of piperidine rings is 1. The van der Waals surface area contributed by atoms with Crippen molar-refractivity contribution in [1.82, 2.24) is 20.3 Å². The molecule has 0 amide bonds. The number of nitrogens with one attached hydrogen (secondary N) is 1. The fraction of sp³-hybridized carbons (Fsp3) is 0.548. The molecule has 1 unspecified atom stereocenters. The number of aromatic nitrogens is 3. The fourth-order valence-electron chi connectivity index (χ4n) is 5.46. The third kappa shape index (κ3) is 8.12. The molecular formula is C31H42N6O5S2. The monoisotopic (exact) mass is 642 g/mol. The number of carbonyl (C=O) groups is 1. The molecule has 2 aliphatic heterocycles. The average Bonchev–Trinajstić information content (AvgIpc) is 3.42. The number of hydrogen-bond acceptors (Lipinski definition) is 12. The first-order valence-electron chi connectivity index (χ1n) is 15.3. The highest BCUT2D eigenvalue weighted by molar-refractivity contribution is 7.92. The van der Waals surface area contributed by atoms with E-state index in [1.807, 2.05) is 24.5 Å². The number of rotatable bonds is 12. The van der Waals surface area contributed by atoms with Crippen LogP contribution < -0.4 is 20.7 Å². The van der Waals surface area contributed by atoms with Crippen LogP contribution in [0.25, 0.3) is 15.8 Å². The summed E-state index contributed by atoms with van der Waals surface area (Å²) in [6.45, 7) is 7.50. The highest BCUT2D eigenvalue weighted by Crippen LogP contribution is 2.34. The van der Waals surface area contributed by atoms with E-state index < -0.39 is 26.8 Å². The highest BCUT2D eigenvalue weighted by atomic mass is 32.2. The molecular weight excluding hydrogens is 601 g/mol. The van der Waals surface area contributed by atoms with Crippen LogP contribution >= 0.6 is 11.3 Å². The molecule has 3 N–H and O–H groups in total. The zero-order chi connectivity index (χ0) is 31.3. The van der Waals surface area contributed by atoms with Gasteiger partial charge in [-0.05, 0) is 61.6 Å². The first-order chi connectivity index (χ1) is 21.0. The molecule has 0 aliphatic carbocycles. The standard InChI is InChI=1S/C31H42N6O5S2/c1-4-5-21-19-34-29(35-20-21)37-13-9-24(10-14-37)41-30-36-25-7-6-22(16-26(25)43-30)23-8-12-33-27(17-23)44(39,40)15-11-31(2,3)42-28(38)18-32/h6-7,16-17,19-20,24,27,33H,4-5,8-15,18,32H2,1-3H3. The Bertz CT molecular complexity index is 1580. The van der Waals surface area contributed by atoms with Crippen molar-refractivity contribution in [2.75, 3.05) is 36.8 Å². The van der Waals surface area contributed by atoms with E-state index in [4.69, 9.17) is 20.2 Å². The van der Waals surface area contributed by atoms with Gasteiger partial charge in [-0.1, -0.05) is 30.7 Å². The van der Waals surface area contributed by atoms with Crippen molar-refractivity contribution >= 4 is 48.9 Å². The fourth-order valence-corrected chi connectivity index (χ4v) is 8.15. The Morgan fingerprint density at radius 2 is 1.95 bits per heavy atom. The Balaban J connectivity index is 1.20. The van der Waals surface area contributed by atoms with Gasteiger partial charge < -0.3 is 20.1 Å². The van der Waals surface area contributed by atoms with E-state index in [9.17, 15) is 13.2 Å². The van der Waals surface area contributed by atoms with Crippen molar-refractivity contribution in [2.24, 2.45) is 5.73 Å². The van der Waals surface area contributed by atoms with E-state index in [0.29, 0.717) is 18.2 Å². The summed E-state index contributed by atoms with van der Waals surface area (Å²) in [4.78, 5) is 27.6. The van der Waals surface area contributed by atoms with Crippen molar-refractivity contribution in [1.29, 1.82) is 0 Å². The van der Waals surface area contributed by atoms with Gasteiger partial charge >= 0.3 is 5.97 Å². The molecule has 5 rings (SSSR count). The van der Waals surface area contributed by atoms with Crippen molar-refractivity contribution in [3.8, 4) is 5.19 Å². The number of benzene rings is 1. The molecule has 2 aromatic heterocycles. The first-order valence-corrected chi connectivity index (χ1v) is 17.8. The second-order valence-electron chi connectivity index (χ2n) is 12.0. The zero-order valence-electron chi connectivity index (χ0n) is 25.6. The molecule has 11 nitrogen and oxygen atoms in total. The minimum Gasteiger partial charge on any atom is -0.467 e. The van der Waals surface area contributed by atoms with E-state index in [0.717, 1.165) is 66.1 Å². The van der Waals surface area contributed by atoms with Gasteiger partial charge in [-0.2, -0.15) is 0 Å². The molecule has 0 radical (unpaired) electrons. The van der Waals surface area contributed by atoms with Gasteiger partial charge in [0.05, 0.1) is 22.5 Å². The Labute approximate surface area is 263 Å². The summed E-state index contributed by atoms with van der Waals surface area (Å²) in [6.07, 6.45) is 10.4. The third-order valence-corrected chi connectivity index (χ3v) is 10.7. The molecule has 4 heterocycles. The summed E-state index contributed by atoms with van der Waals surface area (Å²) in [5, 5.41) is 2.96. The predicted octanol–water partition coefficient (Wildman–Crippen LogP) is 3.87. The smallest absolute Gasteiger partial charge is 0.320 e. The molecule has 2 aliphatic rings. The Kier molecular flexibility index (Phi) is 10.2. The van der Waals surface area contributed by atoms with Gasteiger partial charge in [-0.15, -0.1) is 0 Å². The minimum absolute atomic E-state index is 0.0764. The summed E-state index contributed by atoms with van der Waals surface area (Å²) in [7, 11) is -3.53. The maximum Gasteiger partial charge on any atom is 0.320 e. The average molecular weight is 643 g/mol. The Hall–Kier alpha value is -3.13. The Morgan fingerprint density at radius 1 is 1.20 bits per heavy atom. The maximum atomic E-state index is 13.2. The third-order valence-electron chi connectivity index (χ3n) is 7.99. The van der Waals surface area contributed by atoms with Crippen LogP contribution in [0, 0.1) is 0 Å². The number of aryl methyl sites for hydroxylation is 1. The zero-order valence-corrected chi connectivity index (χ0v) is 27.3. The number of hydrogen-bond donors (Lipinski definition) is 2. The molecule has 44 heavy (non-hydrogen) atoms. The molecule has 3 aromatic rings. The van der Waals surface area contributed by atoms with Gasteiger partial charge in [0, 0.05) is 51.3 Å². The summed E-state index contributed by atoms with van der Waals surface area (Å²) >= 11 is 1.51. The quantitative estimate of drug-likeness (QED) is 0.277. The van der Waals surface area contributed by atoms with Gasteiger partial charge in [0.2, 0.25) is 5.95 Å². The SMILES string of the molecule is CCCc1cnc(N2CCC(Oc3nc4ccc(C5=CC(S(=O)(=O)CCC(C)(C)OC(=O)CN)NCC5)cc4s3)CC2)nc1. The molecule has 1 fully saturated rings. The van der Waals surface area contributed by atoms with Gasteiger partial charge in [0.25, 0.3) is 5.19 Å². The van der Waals surface area contributed by atoms with Crippen molar-refractivity contribution < 1.29 is 22.7 Å². The van der Waals surface area contributed by atoms with Crippen molar-refractivity contribution in [2.45, 2.75) is 76.4 Å². The van der Waals surface area contributed by atoms with Crippen LogP contribution in [0.1, 0.15) is 64.0 Å². The number of anilines is 1. The largest absolute Gasteiger partial charge is 0.467 e. The van der Waals surface area contributed by atoms with Crippen LogP contribution in [0.15, 0.2) is 36.7 Å². The topological polar surface area (TPSA) is 150 Å². The molecule has 13 heteroatoms. The lowest BCUT2D eigenvalue weighted by molar-refractivity contribution is -0.154. The second kappa shape index (κ2) is 13.9. The van der Waals surface area contributed by atoms with Gasteiger partial charge in [0.15, 0.2) is 9.84 Å². The lowest BCUT2D eigenvalue weighted by atomic mass is 10.0. The lowest BCUT2D eigenvalue weighted by Crippen LogP contribution is -2.41. The summed E-state index contributed by atoms with van der Waals surface area (Å²) < 4.78 is 39.0. The molecule has 238 valence electrons. The number of thiazole rings is 1. The lowest BCUT2D eigenvalue weighted by Gasteiger charge is -2.31.